The molecule has 35 heavy (non-hydrogen) atoms. The summed E-state index contributed by atoms with van der Waals surface area (Å²) in [5, 5.41) is 5.72. The smallest absolute Gasteiger partial charge is 0.255 e. The number of rotatable bonds is 12. The fraction of sp³-hybridized carbons (Fsp3) is 0.214. The molecule has 2 N–H and O–H groups in total. The number of nitrogens with zero attached hydrogens (tertiary/aromatic N) is 1. The lowest BCUT2D eigenvalue weighted by Crippen LogP contribution is -2.24. The van der Waals surface area contributed by atoms with Gasteiger partial charge in [0.1, 0.15) is 18.1 Å². The summed E-state index contributed by atoms with van der Waals surface area (Å²) in [5.74, 6) is 1.05. The standard InChI is InChI=1S/C28H31N3O4/c1-4-19-35-24-15-9-21(10-16-24)20-31(2)18-17-27(32)29-23-13-11-22(12-14-23)28(33)30-25-7-5-6-8-26(25)34-3/h4-16H,1,17-20H2,2-3H3,(H,29,32)(H,30,33). The van der Waals surface area contributed by atoms with Crippen molar-refractivity contribution in [2.24, 2.45) is 0 Å². The van der Waals surface area contributed by atoms with Crippen LogP contribution in [0, 0.1) is 0 Å². The third kappa shape index (κ3) is 8.01. The number of carbonyl (C=O) groups excluding carboxylic acids is 2. The van der Waals surface area contributed by atoms with Crippen LogP contribution in [-0.2, 0) is 11.3 Å². The van der Waals surface area contributed by atoms with Crippen molar-refractivity contribution < 1.29 is 19.1 Å². The number of carbonyl (C=O) groups is 2. The lowest BCUT2D eigenvalue weighted by Gasteiger charge is -2.17. The summed E-state index contributed by atoms with van der Waals surface area (Å²) in [6, 6.07) is 21.9. The molecule has 0 saturated carbocycles. The average Bonchev–Trinajstić information content (AvgIpc) is 2.88. The lowest BCUT2D eigenvalue weighted by molar-refractivity contribution is -0.116. The average molecular weight is 474 g/mol. The Morgan fingerprint density at radius 1 is 0.971 bits per heavy atom. The summed E-state index contributed by atoms with van der Waals surface area (Å²) in [7, 11) is 3.53. The second kappa shape index (κ2) is 13.0. The van der Waals surface area contributed by atoms with E-state index in [1.807, 2.05) is 43.4 Å². The van der Waals surface area contributed by atoms with E-state index in [9.17, 15) is 9.59 Å². The Labute approximate surface area is 206 Å². The molecule has 0 aliphatic carbocycles. The molecule has 0 aliphatic heterocycles. The van der Waals surface area contributed by atoms with E-state index < -0.39 is 0 Å². The number of methoxy groups -OCH3 is 1. The Bertz CT molecular complexity index is 1130. The zero-order chi connectivity index (χ0) is 25.0. The SMILES string of the molecule is C=CCOc1ccc(CN(C)CCC(=O)Nc2ccc(C(=O)Nc3ccccc3OC)cc2)cc1. The van der Waals surface area contributed by atoms with Crippen LogP contribution < -0.4 is 20.1 Å². The highest BCUT2D eigenvalue weighted by atomic mass is 16.5. The number of anilines is 2. The van der Waals surface area contributed by atoms with Gasteiger partial charge in [-0.05, 0) is 61.1 Å². The summed E-state index contributed by atoms with van der Waals surface area (Å²) in [6.45, 7) is 5.46. The maximum atomic E-state index is 12.5. The number of hydrogen-bond acceptors (Lipinski definition) is 5. The van der Waals surface area contributed by atoms with Crippen LogP contribution in [0.25, 0.3) is 0 Å². The maximum absolute atomic E-state index is 12.5. The van der Waals surface area contributed by atoms with E-state index >= 15 is 0 Å². The number of amides is 2. The van der Waals surface area contributed by atoms with Crippen LogP contribution in [0.4, 0.5) is 11.4 Å². The van der Waals surface area contributed by atoms with Crippen LogP contribution in [0.3, 0.4) is 0 Å². The first-order valence-electron chi connectivity index (χ1n) is 11.3. The van der Waals surface area contributed by atoms with Crippen LogP contribution in [0.15, 0.2) is 85.5 Å². The van der Waals surface area contributed by atoms with Gasteiger partial charge in [-0.2, -0.15) is 0 Å². The molecule has 0 aromatic heterocycles. The van der Waals surface area contributed by atoms with E-state index in [1.54, 1.807) is 49.6 Å². The molecule has 3 aromatic carbocycles. The fourth-order valence-electron chi connectivity index (χ4n) is 3.40. The molecule has 0 unspecified atom stereocenters. The van der Waals surface area contributed by atoms with E-state index in [2.05, 4.69) is 22.1 Å². The predicted octanol–water partition coefficient (Wildman–Crippen LogP) is 4.97. The fourth-order valence-corrected chi connectivity index (χ4v) is 3.40. The van der Waals surface area contributed by atoms with Crippen molar-refractivity contribution in [2.75, 3.05) is 37.9 Å². The molecular weight excluding hydrogens is 442 g/mol. The summed E-state index contributed by atoms with van der Waals surface area (Å²) in [5.41, 5.74) is 2.86. The Morgan fingerprint density at radius 2 is 1.69 bits per heavy atom. The lowest BCUT2D eigenvalue weighted by atomic mass is 10.1. The van der Waals surface area contributed by atoms with E-state index in [0.29, 0.717) is 42.3 Å². The van der Waals surface area contributed by atoms with Gasteiger partial charge in [-0.25, -0.2) is 0 Å². The third-order valence-electron chi connectivity index (χ3n) is 5.25. The van der Waals surface area contributed by atoms with Gasteiger partial charge in [-0.3, -0.25) is 9.59 Å². The Hall–Kier alpha value is -4.10. The zero-order valence-electron chi connectivity index (χ0n) is 20.1. The van der Waals surface area contributed by atoms with E-state index in [-0.39, 0.29) is 11.8 Å². The van der Waals surface area contributed by atoms with Crippen LogP contribution in [-0.4, -0.2) is 44.0 Å². The number of ether oxygens (including phenoxy) is 2. The van der Waals surface area contributed by atoms with Gasteiger partial charge in [-0.15, -0.1) is 0 Å². The van der Waals surface area contributed by atoms with Crippen molar-refractivity contribution in [1.29, 1.82) is 0 Å². The molecule has 0 spiro atoms. The molecule has 0 saturated heterocycles. The van der Waals surface area contributed by atoms with Crippen LogP contribution in [0.5, 0.6) is 11.5 Å². The van der Waals surface area contributed by atoms with Crippen molar-refractivity contribution in [3.63, 3.8) is 0 Å². The van der Waals surface area contributed by atoms with Crippen molar-refractivity contribution in [3.05, 3.63) is 96.6 Å². The van der Waals surface area contributed by atoms with Crippen molar-refractivity contribution in [3.8, 4) is 11.5 Å². The molecule has 7 heteroatoms. The van der Waals surface area contributed by atoms with E-state index in [0.717, 1.165) is 17.9 Å². The van der Waals surface area contributed by atoms with Crippen molar-refractivity contribution in [1.82, 2.24) is 4.90 Å². The van der Waals surface area contributed by atoms with Gasteiger partial charge in [0.2, 0.25) is 5.91 Å². The summed E-state index contributed by atoms with van der Waals surface area (Å²) < 4.78 is 10.8. The molecule has 3 rings (SSSR count). The summed E-state index contributed by atoms with van der Waals surface area (Å²) in [6.07, 6.45) is 2.06. The van der Waals surface area contributed by atoms with E-state index in [4.69, 9.17) is 9.47 Å². The number of nitrogens with one attached hydrogen (secondary N) is 2. The molecule has 0 aliphatic rings. The van der Waals surface area contributed by atoms with Gasteiger partial charge < -0.3 is 25.0 Å². The second-order valence-corrected chi connectivity index (χ2v) is 8.01. The molecule has 0 bridgehead atoms. The third-order valence-corrected chi connectivity index (χ3v) is 5.25. The first-order valence-corrected chi connectivity index (χ1v) is 11.3. The molecule has 0 heterocycles. The first-order chi connectivity index (χ1) is 17.0. The minimum Gasteiger partial charge on any atom is -0.495 e. The van der Waals surface area contributed by atoms with E-state index in [1.165, 1.54) is 0 Å². The van der Waals surface area contributed by atoms with Gasteiger partial charge in [0.25, 0.3) is 5.91 Å². The summed E-state index contributed by atoms with van der Waals surface area (Å²) in [4.78, 5) is 27.0. The quantitative estimate of drug-likeness (QED) is 0.363. The highest BCUT2D eigenvalue weighted by Crippen LogP contribution is 2.24. The van der Waals surface area contributed by atoms with Gasteiger partial charge >= 0.3 is 0 Å². The van der Waals surface area contributed by atoms with Crippen LogP contribution in [0.2, 0.25) is 0 Å². The maximum Gasteiger partial charge on any atom is 0.255 e. The monoisotopic (exact) mass is 473 g/mol. The molecule has 7 nitrogen and oxygen atoms in total. The Morgan fingerprint density at radius 3 is 2.37 bits per heavy atom. The van der Waals surface area contributed by atoms with Gasteiger partial charge in [0.05, 0.1) is 12.8 Å². The minimum absolute atomic E-state index is 0.0868. The van der Waals surface area contributed by atoms with Crippen LogP contribution >= 0.6 is 0 Å². The largest absolute Gasteiger partial charge is 0.495 e. The normalized spacial score (nSPS) is 10.5. The van der Waals surface area contributed by atoms with Gasteiger partial charge in [0, 0.05) is 30.8 Å². The highest BCUT2D eigenvalue weighted by molar-refractivity contribution is 6.05. The minimum atomic E-state index is -0.255. The summed E-state index contributed by atoms with van der Waals surface area (Å²) >= 11 is 0. The zero-order valence-corrected chi connectivity index (χ0v) is 20.1. The van der Waals surface area contributed by atoms with Gasteiger partial charge in [-0.1, -0.05) is 36.9 Å². The number of hydrogen-bond donors (Lipinski definition) is 2. The number of para-hydroxylation sites is 2. The Balaban J connectivity index is 1.44. The molecule has 3 aromatic rings. The van der Waals surface area contributed by atoms with Crippen LogP contribution in [0.1, 0.15) is 22.3 Å². The molecular formula is C28H31N3O4. The molecule has 2 amide bonds. The highest BCUT2D eigenvalue weighted by Gasteiger charge is 2.11. The topological polar surface area (TPSA) is 79.9 Å². The molecule has 0 fully saturated rings. The number of benzene rings is 3. The van der Waals surface area contributed by atoms with Crippen molar-refractivity contribution in [2.45, 2.75) is 13.0 Å². The van der Waals surface area contributed by atoms with Gasteiger partial charge in [0.15, 0.2) is 0 Å². The van der Waals surface area contributed by atoms with Crippen molar-refractivity contribution >= 4 is 23.2 Å². The molecule has 182 valence electrons. The molecule has 0 atom stereocenters. The Kier molecular flexibility index (Phi) is 9.45. The second-order valence-electron chi connectivity index (χ2n) is 8.01. The first kappa shape index (κ1) is 25.5. The predicted molar refractivity (Wildman–Crippen MR) is 139 cm³/mol. The molecule has 0 radical (unpaired) electrons.